The van der Waals surface area contributed by atoms with E-state index in [0.29, 0.717) is 0 Å². The van der Waals surface area contributed by atoms with Gasteiger partial charge in [-0.05, 0) is 0 Å². The monoisotopic (exact) mass is 166 g/mol. The van der Waals surface area contributed by atoms with Crippen LogP contribution in [0.15, 0.2) is 0 Å². The van der Waals surface area contributed by atoms with Gasteiger partial charge in [-0.15, -0.1) is 11.6 Å². The Morgan fingerprint density at radius 3 is 2.00 bits per heavy atom. The molecule has 0 aromatic carbocycles. The zero-order chi connectivity index (χ0) is 4.28. The van der Waals surface area contributed by atoms with Gasteiger partial charge in [0.05, 0.1) is 0 Å². The van der Waals surface area contributed by atoms with Crippen LogP contribution in [0.5, 0.6) is 0 Å². The Kier molecular flexibility index (Phi) is 8.67. The van der Waals surface area contributed by atoms with Gasteiger partial charge in [-0.25, -0.2) is 0 Å². The molecule has 0 atom stereocenters. The number of aliphatic carboxylic acids is 1. The van der Waals surface area contributed by atoms with Gasteiger partial charge in [-0.1, -0.05) is 0 Å². The number of carboxylic acids is 1. The van der Waals surface area contributed by atoms with E-state index in [2.05, 4.69) is 0 Å². The molecule has 4 heteroatoms. The van der Waals surface area contributed by atoms with E-state index < -0.39 is 5.97 Å². The Balaban J connectivity index is 0. The summed E-state index contributed by atoms with van der Waals surface area (Å²) in [6, 6.07) is 0. The van der Waals surface area contributed by atoms with Gasteiger partial charge in [-0.2, -0.15) is 0 Å². The summed E-state index contributed by atoms with van der Waals surface area (Å²) in [5, 5.41) is 7.59. The van der Waals surface area contributed by atoms with Crippen LogP contribution in [-0.2, 0) is 4.79 Å². The number of carbonyl (C=O) groups is 1. The van der Waals surface area contributed by atoms with E-state index in [-0.39, 0.29) is 25.7 Å². The minimum absolute atomic E-state index is 0. The van der Waals surface area contributed by atoms with Gasteiger partial charge in [0.2, 0.25) is 0 Å². The first-order valence-corrected chi connectivity index (χ1v) is 1.58. The molecule has 6 heavy (non-hydrogen) atoms. The van der Waals surface area contributed by atoms with Gasteiger partial charge in [0.15, 0.2) is 0 Å². The second-order valence-corrected chi connectivity index (χ2v) is 0.795. The normalized spacial score (nSPS) is 6.17. The summed E-state index contributed by atoms with van der Waals surface area (Å²) in [5.74, 6) is -1.29. The molecule has 0 aromatic heterocycles. The van der Waals surface area contributed by atoms with Gasteiger partial charge < -0.3 is 5.11 Å². The summed E-state index contributed by atoms with van der Waals surface area (Å²) in [5.41, 5.74) is 0. The molecule has 0 aromatic rings. The van der Waals surface area contributed by atoms with E-state index >= 15 is 0 Å². The Morgan fingerprint density at radius 2 is 2.00 bits per heavy atom. The Hall–Kier alpha value is 0.396. The topological polar surface area (TPSA) is 37.3 Å². The number of hydrogen-bond donors (Lipinski definition) is 1. The van der Waals surface area contributed by atoms with Gasteiger partial charge in [-0.3, -0.25) is 4.79 Å². The summed E-state index contributed by atoms with van der Waals surface area (Å²) >= 11 is 4.74. The van der Waals surface area contributed by atoms with Crippen molar-refractivity contribution in [3.05, 3.63) is 0 Å². The predicted molar refractivity (Wildman–Crippen MR) is 28.3 cm³/mol. The van der Waals surface area contributed by atoms with E-state index in [1.54, 1.807) is 0 Å². The molecule has 36 valence electrons. The van der Waals surface area contributed by atoms with Crippen molar-refractivity contribution in [3.8, 4) is 0 Å². The molecule has 0 aliphatic rings. The van der Waals surface area contributed by atoms with E-state index in [0.717, 1.165) is 0 Å². The predicted octanol–water partition coefficient (Wildman–Crippen LogP) is -0.874. The second kappa shape index (κ2) is 5.40. The molecular weight excluding hydrogens is 161 g/mol. The zero-order valence-corrected chi connectivity index (χ0v) is 3.20. The summed E-state index contributed by atoms with van der Waals surface area (Å²) in [6.07, 6.45) is 0. The molecule has 0 amide bonds. The van der Waals surface area contributed by atoms with Crippen molar-refractivity contribution >= 4 is 37.4 Å². The molecule has 0 fully saturated rings. The van der Waals surface area contributed by atoms with Gasteiger partial charge in [0.1, 0.15) is 5.88 Å². The molecule has 0 unspecified atom stereocenters. The van der Waals surface area contributed by atoms with Crippen molar-refractivity contribution in [3.63, 3.8) is 0 Å². The van der Waals surface area contributed by atoms with Crippen molar-refractivity contribution in [2.75, 3.05) is 5.88 Å². The average Bonchev–Trinajstić information content (AvgIpc) is 1.38. The molecule has 0 radical (unpaired) electrons. The van der Waals surface area contributed by atoms with Crippen LogP contribution in [0, 0.1) is 0 Å². The van der Waals surface area contributed by atoms with Gasteiger partial charge >= 0.3 is 25.8 Å². The molecule has 2 nitrogen and oxygen atoms in total. The fourth-order valence-corrected chi connectivity index (χ4v) is 0. The average molecular weight is 167 g/mol. The number of hydrogen-bond acceptors (Lipinski definition) is 1. The molecule has 1 N–H and O–H groups in total. The fraction of sp³-hybridized carbons (Fsp3) is 0.500. The van der Waals surface area contributed by atoms with Crippen LogP contribution in [-0.4, -0.2) is 36.7 Å². The Morgan fingerprint density at radius 1 is 1.83 bits per heavy atom. The third-order valence-electron chi connectivity index (χ3n) is 0.114. The maximum atomic E-state index is 9.24. The minimum atomic E-state index is -0.980. The van der Waals surface area contributed by atoms with Crippen molar-refractivity contribution in [1.29, 1.82) is 0 Å². The third-order valence-corrected chi connectivity index (χ3v) is 0.343. The first kappa shape index (κ1) is 9.64. The van der Waals surface area contributed by atoms with Gasteiger partial charge in [0.25, 0.3) is 0 Å². The molecule has 0 spiro atoms. The molecule has 0 aliphatic carbocycles. The SMILES string of the molecule is O=C(O)CCl.[GaH3]. The number of alkyl halides is 1. The van der Waals surface area contributed by atoms with Crippen molar-refractivity contribution in [2.45, 2.75) is 0 Å². The molecule has 0 saturated carbocycles. The van der Waals surface area contributed by atoms with Gasteiger partial charge in [0, 0.05) is 0 Å². The van der Waals surface area contributed by atoms with Crippen molar-refractivity contribution in [2.24, 2.45) is 0 Å². The van der Waals surface area contributed by atoms with Crippen LogP contribution in [0.4, 0.5) is 0 Å². The van der Waals surface area contributed by atoms with E-state index in [1.807, 2.05) is 0 Å². The van der Waals surface area contributed by atoms with Crippen LogP contribution in [0.1, 0.15) is 0 Å². The quantitative estimate of drug-likeness (QED) is 0.407. The number of carboxylic acid groups (broad SMARTS) is 1. The third kappa shape index (κ3) is 8.83. The van der Waals surface area contributed by atoms with Crippen LogP contribution in [0.2, 0.25) is 0 Å². The van der Waals surface area contributed by atoms with Crippen LogP contribution >= 0.6 is 11.6 Å². The molecule has 0 saturated heterocycles. The maximum absolute atomic E-state index is 9.24. The molecule has 0 rings (SSSR count). The number of rotatable bonds is 1. The van der Waals surface area contributed by atoms with Crippen molar-refractivity contribution < 1.29 is 9.90 Å². The van der Waals surface area contributed by atoms with E-state index in [1.165, 1.54) is 0 Å². The summed E-state index contributed by atoms with van der Waals surface area (Å²) in [4.78, 5) is 9.24. The molecule has 0 bridgehead atoms. The van der Waals surface area contributed by atoms with Crippen molar-refractivity contribution in [1.82, 2.24) is 0 Å². The second-order valence-electron chi connectivity index (χ2n) is 0.527. The first-order chi connectivity index (χ1) is 2.27. The van der Waals surface area contributed by atoms with E-state index in [9.17, 15) is 4.79 Å². The Labute approximate surface area is 53.5 Å². The summed E-state index contributed by atoms with van der Waals surface area (Å²) in [7, 11) is 0. The molecule has 0 heterocycles. The van der Waals surface area contributed by atoms with Crippen LogP contribution in [0.25, 0.3) is 0 Å². The Bertz CT molecular complexity index is 46.8. The standard InChI is InChI=1S/C2H3ClO2.Ga.3H/c3-1-2(4)5;;;;/h1H2,(H,4,5);;;;. The summed E-state index contributed by atoms with van der Waals surface area (Å²) in [6.45, 7) is 0. The first-order valence-electron chi connectivity index (χ1n) is 1.05. The molecular formula is C2H6ClGaO2. The van der Waals surface area contributed by atoms with Crippen LogP contribution < -0.4 is 0 Å². The summed E-state index contributed by atoms with van der Waals surface area (Å²) < 4.78 is 0. The zero-order valence-electron chi connectivity index (χ0n) is 2.44. The van der Waals surface area contributed by atoms with Crippen LogP contribution in [0.3, 0.4) is 0 Å². The van der Waals surface area contributed by atoms with E-state index in [4.69, 9.17) is 16.7 Å². The fourth-order valence-electron chi connectivity index (χ4n) is 0. The number of halogens is 1. The molecule has 0 aliphatic heterocycles.